The maximum Gasteiger partial charge on any atom is 0.341 e. The van der Waals surface area contributed by atoms with Crippen LogP contribution in [0.15, 0.2) is 83.8 Å². The lowest BCUT2D eigenvalue weighted by Crippen LogP contribution is -2.09. The number of benzene rings is 3. The normalized spacial score (nSPS) is 11.3. The molecule has 0 amide bonds. The van der Waals surface area contributed by atoms with Gasteiger partial charge in [-0.3, -0.25) is 0 Å². The highest BCUT2D eigenvalue weighted by atomic mass is 127. The van der Waals surface area contributed by atoms with Crippen LogP contribution >= 0.6 is 34.4 Å². The fraction of sp³-hybridized carbons (Fsp3) is 0.125. The first-order chi connectivity index (χ1) is 14.0. The number of carbonyl (C=O) groups is 1. The molecular weight excluding hydrogens is 495 g/mol. The highest BCUT2D eigenvalue weighted by molar-refractivity contribution is 14.1. The van der Waals surface area contributed by atoms with Gasteiger partial charge in [-0.05, 0) is 82.1 Å². The molecule has 0 radical (unpaired) electrons. The smallest absolute Gasteiger partial charge is 0.341 e. The van der Waals surface area contributed by atoms with Crippen LogP contribution in [0.4, 0.5) is 0 Å². The monoisotopic (exact) mass is 516 g/mol. The van der Waals surface area contributed by atoms with Gasteiger partial charge in [-0.2, -0.15) is 0 Å². The topological polar surface area (TPSA) is 46.5 Å². The number of halogens is 1. The molecular formula is C24H21IO3S. The molecule has 0 heterocycles. The van der Waals surface area contributed by atoms with Crippen molar-refractivity contribution in [2.45, 2.75) is 11.8 Å². The zero-order valence-electron chi connectivity index (χ0n) is 16.0. The molecule has 29 heavy (non-hydrogen) atoms. The van der Waals surface area contributed by atoms with Gasteiger partial charge in [0, 0.05) is 14.2 Å². The van der Waals surface area contributed by atoms with Gasteiger partial charge in [-0.15, -0.1) is 11.8 Å². The van der Waals surface area contributed by atoms with E-state index in [4.69, 9.17) is 9.84 Å². The first-order valence-electron chi connectivity index (χ1n) is 9.12. The Bertz CT molecular complexity index is 998. The largest absolute Gasteiger partial charge is 0.482 e. The van der Waals surface area contributed by atoms with E-state index in [2.05, 4.69) is 77.2 Å². The number of thioether (sulfide) groups is 1. The predicted molar refractivity (Wildman–Crippen MR) is 128 cm³/mol. The molecule has 0 atom stereocenters. The summed E-state index contributed by atoms with van der Waals surface area (Å²) in [5, 5.41) is 8.76. The van der Waals surface area contributed by atoms with E-state index in [0.29, 0.717) is 5.75 Å². The van der Waals surface area contributed by atoms with Gasteiger partial charge in [-0.25, -0.2) is 4.79 Å². The third-order valence-corrected chi connectivity index (χ3v) is 5.91. The Kier molecular flexibility index (Phi) is 7.77. The van der Waals surface area contributed by atoms with Gasteiger partial charge >= 0.3 is 5.97 Å². The molecule has 148 valence electrons. The van der Waals surface area contributed by atoms with Gasteiger partial charge in [0.15, 0.2) is 6.61 Å². The van der Waals surface area contributed by atoms with Crippen LogP contribution < -0.4 is 4.74 Å². The summed E-state index contributed by atoms with van der Waals surface area (Å²) in [6.07, 6.45) is 2.26. The Morgan fingerprint density at radius 2 is 1.72 bits per heavy atom. The van der Waals surface area contributed by atoms with Crippen LogP contribution in [0.1, 0.15) is 16.7 Å². The number of hydrogen-bond donors (Lipinski definition) is 1. The Balaban J connectivity index is 1.75. The first-order valence-corrected chi connectivity index (χ1v) is 11.2. The number of ether oxygens (including phenoxy) is 1. The molecule has 0 aromatic heterocycles. The summed E-state index contributed by atoms with van der Waals surface area (Å²) in [7, 11) is 0. The molecule has 3 aromatic rings. The van der Waals surface area contributed by atoms with Crippen molar-refractivity contribution in [2.75, 3.05) is 12.4 Å². The fourth-order valence-electron chi connectivity index (χ4n) is 2.88. The van der Waals surface area contributed by atoms with E-state index in [1.807, 2.05) is 31.2 Å². The number of aryl methyl sites for hydroxylation is 1. The SMILES string of the molecule is Cc1cc(SCC=C(c2ccccc2)c2ccc(I)cc2)ccc1OCC(=O)O. The van der Waals surface area contributed by atoms with Crippen LogP contribution in [0.5, 0.6) is 5.75 Å². The molecule has 0 unspecified atom stereocenters. The van der Waals surface area contributed by atoms with E-state index in [9.17, 15) is 4.79 Å². The van der Waals surface area contributed by atoms with Crippen molar-refractivity contribution in [3.05, 3.63) is 99.1 Å². The summed E-state index contributed by atoms with van der Waals surface area (Å²) >= 11 is 4.06. The van der Waals surface area contributed by atoms with Crippen molar-refractivity contribution in [1.29, 1.82) is 0 Å². The molecule has 3 aromatic carbocycles. The first kappa shape index (κ1) is 21.5. The van der Waals surface area contributed by atoms with Crippen molar-refractivity contribution in [1.82, 2.24) is 0 Å². The van der Waals surface area contributed by atoms with Crippen LogP contribution in [0.2, 0.25) is 0 Å². The molecule has 3 nitrogen and oxygen atoms in total. The van der Waals surface area contributed by atoms with Gasteiger partial charge in [0.25, 0.3) is 0 Å². The zero-order chi connectivity index (χ0) is 20.6. The molecule has 1 N–H and O–H groups in total. The quantitative estimate of drug-likeness (QED) is 0.283. The lowest BCUT2D eigenvalue weighted by molar-refractivity contribution is -0.139. The second-order valence-corrected chi connectivity index (χ2v) is 8.75. The molecule has 0 saturated carbocycles. The molecule has 0 bridgehead atoms. The Morgan fingerprint density at radius 3 is 2.38 bits per heavy atom. The minimum absolute atomic E-state index is 0.327. The van der Waals surface area contributed by atoms with Gasteiger partial charge < -0.3 is 9.84 Å². The number of carboxylic acid groups (broad SMARTS) is 1. The van der Waals surface area contributed by atoms with Gasteiger partial charge in [0.05, 0.1) is 0 Å². The summed E-state index contributed by atoms with van der Waals surface area (Å²) in [4.78, 5) is 11.8. The van der Waals surface area contributed by atoms with Crippen LogP contribution in [-0.2, 0) is 4.79 Å². The van der Waals surface area contributed by atoms with Crippen LogP contribution in [0, 0.1) is 10.5 Å². The molecule has 0 saturated heterocycles. The predicted octanol–water partition coefficient (Wildman–Crippen LogP) is 6.29. The van der Waals surface area contributed by atoms with Gasteiger partial charge in [0.2, 0.25) is 0 Å². The van der Waals surface area contributed by atoms with E-state index in [-0.39, 0.29) is 6.61 Å². The Hall–Kier alpha value is -2.25. The van der Waals surface area contributed by atoms with Crippen LogP contribution in [0.25, 0.3) is 5.57 Å². The highest BCUT2D eigenvalue weighted by Gasteiger charge is 2.07. The van der Waals surface area contributed by atoms with Crippen molar-refractivity contribution in [2.24, 2.45) is 0 Å². The summed E-state index contributed by atoms with van der Waals surface area (Å²) in [5.74, 6) is 0.457. The van der Waals surface area contributed by atoms with E-state index < -0.39 is 5.97 Å². The lowest BCUT2D eigenvalue weighted by atomic mass is 9.98. The van der Waals surface area contributed by atoms with Gasteiger partial charge in [-0.1, -0.05) is 48.5 Å². The number of rotatable bonds is 8. The third kappa shape index (κ3) is 6.37. The van der Waals surface area contributed by atoms with Crippen LogP contribution in [-0.4, -0.2) is 23.4 Å². The molecule has 0 aliphatic rings. The van der Waals surface area contributed by atoms with E-state index in [0.717, 1.165) is 16.2 Å². The van der Waals surface area contributed by atoms with Crippen molar-refractivity contribution in [3.63, 3.8) is 0 Å². The molecule has 0 fully saturated rings. The average molecular weight is 516 g/mol. The van der Waals surface area contributed by atoms with E-state index >= 15 is 0 Å². The Labute approximate surface area is 188 Å². The maximum atomic E-state index is 10.7. The highest BCUT2D eigenvalue weighted by Crippen LogP contribution is 2.29. The third-order valence-electron chi connectivity index (χ3n) is 4.28. The average Bonchev–Trinajstić information content (AvgIpc) is 2.72. The summed E-state index contributed by atoms with van der Waals surface area (Å²) in [5.41, 5.74) is 4.54. The van der Waals surface area contributed by atoms with Crippen molar-refractivity contribution < 1.29 is 14.6 Å². The van der Waals surface area contributed by atoms with E-state index in [1.165, 1.54) is 20.3 Å². The summed E-state index contributed by atoms with van der Waals surface area (Å²) in [6.45, 7) is 1.60. The summed E-state index contributed by atoms with van der Waals surface area (Å²) < 4.78 is 6.52. The molecule has 0 aliphatic carbocycles. The zero-order valence-corrected chi connectivity index (χ0v) is 18.9. The minimum atomic E-state index is -0.975. The van der Waals surface area contributed by atoms with Crippen molar-refractivity contribution >= 4 is 45.9 Å². The Morgan fingerprint density at radius 1 is 1.03 bits per heavy atom. The number of carboxylic acids is 1. The number of hydrogen-bond acceptors (Lipinski definition) is 3. The maximum absolute atomic E-state index is 10.7. The molecule has 5 heteroatoms. The molecule has 0 aliphatic heterocycles. The van der Waals surface area contributed by atoms with Crippen LogP contribution in [0.3, 0.4) is 0 Å². The second kappa shape index (κ2) is 10.5. The standard InChI is InChI=1S/C24H21IO3S/c1-17-15-21(11-12-23(17)28-16-24(26)27)29-14-13-22(18-5-3-2-4-6-18)19-7-9-20(25)10-8-19/h2-13,15H,14,16H2,1H3,(H,26,27). The molecule has 0 spiro atoms. The molecule has 3 rings (SSSR count). The second-order valence-electron chi connectivity index (χ2n) is 6.41. The van der Waals surface area contributed by atoms with Gasteiger partial charge in [0.1, 0.15) is 5.75 Å². The summed E-state index contributed by atoms with van der Waals surface area (Å²) in [6, 6.07) is 24.8. The fourth-order valence-corrected chi connectivity index (χ4v) is 4.11. The van der Waals surface area contributed by atoms with E-state index in [1.54, 1.807) is 11.8 Å². The van der Waals surface area contributed by atoms with Crippen molar-refractivity contribution in [3.8, 4) is 5.75 Å². The number of aliphatic carboxylic acids is 1. The lowest BCUT2D eigenvalue weighted by Gasteiger charge is -2.10. The minimum Gasteiger partial charge on any atom is -0.482 e.